The minimum atomic E-state index is -0.605. The summed E-state index contributed by atoms with van der Waals surface area (Å²) in [5, 5.41) is 11.3. The maximum absolute atomic E-state index is 13.2. The molecule has 4 nitrogen and oxygen atoms in total. The first kappa shape index (κ1) is 14.5. The van der Waals surface area contributed by atoms with Crippen molar-refractivity contribution in [3.8, 4) is 0 Å². The number of halogens is 2. The van der Waals surface area contributed by atoms with Gasteiger partial charge < -0.3 is 15.3 Å². The first-order valence-electron chi connectivity index (χ1n) is 5.31. The summed E-state index contributed by atoms with van der Waals surface area (Å²) in [4.78, 5) is 13.1. The van der Waals surface area contributed by atoms with E-state index in [-0.39, 0.29) is 18.2 Å². The van der Waals surface area contributed by atoms with Gasteiger partial charge >= 0.3 is 6.03 Å². The lowest BCUT2D eigenvalue weighted by Crippen LogP contribution is -2.37. The molecule has 0 saturated carbocycles. The number of benzene rings is 1. The van der Waals surface area contributed by atoms with Crippen LogP contribution in [-0.4, -0.2) is 35.7 Å². The highest BCUT2D eigenvalue weighted by Crippen LogP contribution is 2.18. The maximum atomic E-state index is 13.2. The predicted molar refractivity (Wildman–Crippen MR) is 69.3 cm³/mol. The van der Waals surface area contributed by atoms with Crippen molar-refractivity contribution in [1.29, 1.82) is 0 Å². The van der Waals surface area contributed by atoms with Crippen molar-refractivity contribution in [1.82, 2.24) is 4.90 Å². The van der Waals surface area contributed by atoms with Crippen LogP contribution in [0, 0.1) is 5.82 Å². The Hall–Kier alpha value is -1.59. The lowest BCUT2D eigenvalue weighted by Gasteiger charge is -2.20. The van der Waals surface area contributed by atoms with Gasteiger partial charge in [0.05, 0.1) is 11.6 Å². The second-order valence-electron chi connectivity index (χ2n) is 3.52. The standard InChI is InChI=1S/C12H14ClFN2O2/c1-2-5-16(6-7-17)12(18)15-9-3-4-10(13)11(14)8-9/h2-4,8,17H,1,5-7H2,(H,15,18). The van der Waals surface area contributed by atoms with Crippen LogP contribution >= 0.6 is 11.6 Å². The minimum absolute atomic E-state index is 0.00805. The van der Waals surface area contributed by atoms with Gasteiger partial charge in [-0.25, -0.2) is 9.18 Å². The molecule has 2 amide bonds. The van der Waals surface area contributed by atoms with Crippen LogP contribution in [-0.2, 0) is 0 Å². The summed E-state index contributed by atoms with van der Waals surface area (Å²) in [6.45, 7) is 3.83. The third kappa shape index (κ3) is 4.01. The van der Waals surface area contributed by atoms with Crippen molar-refractivity contribution in [2.75, 3.05) is 25.0 Å². The Morgan fingerprint density at radius 3 is 2.89 bits per heavy atom. The molecule has 0 aliphatic rings. The topological polar surface area (TPSA) is 52.6 Å². The van der Waals surface area contributed by atoms with Crippen molar-refractivity contribution in [2.24, 2.45) is 0 Å². The van der Waals surface area contributed by atoms with Gasteiger partial charge in [-0.2, -0.15) is 0 Å². The molecule has 18 heavy (non-hydrogen) atoms. The molecule has 0 bridgehead atoms. The fourth-order valence-electron chi connectivity index (χ4n) is 1.33. The third-order valence-corrected chi connectivity index (χ3v) is 2.48. The minimum Gasteiger partial charge on any atom is -0.395 e. The van der Waals surface area contributed by atoms with Crippen molar-refractivity contribution in [3.63, 3.8) is 0 Å². The first-order valence-corrected chi connectivity index (χ1v) is 5.69. The summed E-state index contributed by atoms with van der Waals surface area (Å²) in [7, 11) is 0. The number of rotatable bonds is 5. The number of nitrogens with one attached hydrogen (secondary N) is 1. The molecule has 0 saturated heterocycles. The van der Waals surface area contributed by atoms with E-state index in [1.54, 1.807) is 0 Å². The van der Waals surface area contributed by atoms with Gasteiger partial charge in [-0.05, 0) is 18.2 Å². The Labute approximate surface area is 110 Å². The highest BCUT2D eigenvalue weighted by Gasteiger charge is 2.12. The van der Waals surface area contributed by atoms with Gasteiger partial charge in [0, 0.05) is 18.8 Å². The van der Waals surface area contributed by atoms with Crippen LogP contribution < -0.4 is 5.32 Å². The summed E-state index contributed by atoms with van der Waals surface area (Å²) in [6.07, 6.45) is 1.54. The molecule has 0 spiro atoms. The molecule has 0 fully saturated rings. The quantitative estimate of drug-likeness (QED) is 0.809. The molecule has 1 aromatic rings. The zero-order valence-corrected chi connectivity index (χ0v) is 10.5. The van der Waals surface area contributed by atoms with E-state index in [4.69, 9.17) is 16.7 Å². The van der Waals surface area contributed by atoms with Gasteiger partial charge in [-0.3, -0.25) is 0 Å². The Balaban J connectivity index is 2.72. The van der Waals surface area contributed by atoms with Crippen molar-refractivity contribution < 1.29 is 14.3 Å². The van der Waals surface area contributed by atoms with Crippen LogP contribution in [0.2, 0.25) is 5.02 Å². The Kier molecular flexibility index (Phi) is 5.61. The van der Waals surface area contributed by atoms with E-state index in [0.29, 0.717) is 12.2 Å². The number of aliphatic hydroxyl groups excluding tert-OH is 1. The maximum Gasteiger partial charge on any atom is 0.322 e. The molecule has 1 aromatic carbocycles. The molecule has 0 aromatic heterocycles. The number of urea groups is 1. The SMILES string of the molecule is C=CCN(CCO)C(=O)Nc1ccc(Cl)c(F)c1. The highest BCUT2D eigenvalue weighted by atomic mass is 35.5. The smallest absolute Gasteiger partial charge is 0.322 e. The van der Waals surface area contributed by atoms with Crippen LogP contribution in [0.3, 0.4) is 0 Å². The average Bonchev–Trinajstić information content (AvgIpc) is 2.33. The van der Waals surface area contributed by atoms with Crippen molar-refractivity contribution in [3.05, 3.63) is 41.7 Å². The molecule has 0 unspecified atom stereocenters. The van der Waals surface area contributed by atoms with E-state index in [1.807, 2.05) is 0 Å². The van der Waals surface area contributed by atoms with Crippen molar-refractivity contribution in [2.45, 2.75) is 0 Å². The fraction of sp³-hybridized carbons (Fsp3) is 0.250. The summed E-state index contributed by atoms with van der Waals surface area (Å²) in [6, 6.07) is 3.54. The lowest BCUT2D eigenvalue weighted by atomic mass is 10.3. The fourth-order valence-corrected chi connectivity index (χ4v) is 1.45. The average molecular weight is 273 g/mol. The molecule has 6 heteroatoms. The van der Waals surface area contributed by atoms with E-state index < -0.39 is 11.8 Å². The van der Waals surface area contributed by atoms with E-state index in [0.717, 1.165) is 6.07 Å². The number of hydrogen-bond donors (Lipinski definition) is 2. The van der Waals surface area contributed by atoms with Gasteiger partial charge in [-0.1, -0.05) is 17.7 Å². The normalized spacial score (nSPS) is 9.94. The Morgan fingerprint density at radius 1 is 1.61 bits per heavy atom. The van der Waals surface area contributed by atoms with Gasteiger partial charge in [0.15, 0.2) is 0 Å². The monoisotopic (exact) mass is 272 g/mol. The Morgan fingerprint density at radius 2 is 2.33 bits per heavy atom. The van der Waals surface area contributed by atoms with Gasteiger partial charge in [0.25, 0.3) is 0 Å². The van der Waals surface area contributed by atoms with Gasteiger partial charge in [-0.15, -0.1) is 6.58 Å². The molecule has 1 rings (SSSR count). The largest absolute Gasteiger partial charge is 0.395 e. The number of nitrogens with zero attached hydrogens (tertiary/aromatic N) is 1. The Bertz CT molecular complexity index is 440. The van der Waals surface area contributed by atoms with E-state index in [2.05, 4.69) is 11.9 Å². The number of amides is 2. The number of hydrogen-bond acceptors (Lipinski definition) is 2. The zero-order chi connectivity index (χ0) is 13.5. The van der Waals surface area contributed by atoms with Crippen LogP contribution in [0.25, 0.3) is 0 Å². The molecule has 98 valence electrons. The number of aliphatic hydroxyl groups is 1. The first-order chi connectivity index (χ1) is 8.58. The summed E-state index contributed by atoms with van der Waals surface area (Å²) < 4.78 is 13.2. The zero-order valence-electron chi connectivity index (χ0n) is 9.70. The predicted octanol–water partition coefficient (Wildman–Crippen LogP) is 2.49. The molecule has 0 heterocycles. The van der Waals surface area contributed by atoms with Gasteiger partial charge in [0.2, 0.25) is 0 Å². The van der Waals surface area contributed by atoms with E-state index in [1.165, 1.54) is 23.1 Å². The molecule has 0 radical (unpaired) electrons. The molecular formula is C12H14ClFN2O2. The highest BCUT2D eigenvalue weighted by molar-refractivity contribution is 6.30. The van der Waals surface area contributed by atoms with Crippen molar-refractivity contribution >= 4 is 23.3 Å². The third-order valence-electron chi connectivity index (χ3n) is 2.18. The molecule has 2 N–H and O–H groups in total. The number of anilines is 1. The second-order valence-corrected chi connectivity index (χ2v) is 3.92. The van der Waals surface area contributed by atoms with Crippen LogP contribution in [0.5, 0.6) is 0 Å². The number of carbonyl (C=O) groups is 1. The van der Waals surface area contributed by atoms with Crippen LogP contribution in [0.15, 0.2) is 30.9 Å². The van der Waals surface area contributed by atoms with E-state index in [9.17, 15) is 9.18 Å². The summed E-state index contributed by atoms with van der Waals surface area (Å²) in [5.74, 6) is -0.605. The van der Waals surface area contributed by atoms with Crippen LogP contribution in [0.1, 0.15) is 0 Å². The van der Waals surface area contributed by atoms with Gasteiger partial charge in [0.1, 0.15) is 5.82 Å². The molecule has 0 aliphatic carbocycles. The molecule has 0 atom stereocenters. The van der Waals surface area contributed by atoms with E-state index >= 15 is 0 Å². The number of carbonyl (C=O) groups excluding carboxylic acids is 1. The second kappa shape index (κ2) is 6.98. The lowest BCUT2D eigenvalue weighted by molar-refractivity contribution is 0.195. The van der Waals surface area contributed by atoms with Crippen LogP contribution in [0.4, 0.5) is 14.9 Å². The molecule has 0 aliphatic heterocycles. The summed E-state index contributed by atoms with van der Waals surface area (Å²) >= 11 is 5.53. The summed E-state index contributed by atoms with van der Waals surface area (Å²) in [5.41, 5.74) is 0.300. The molecular weight excluding hydrogens is 259 g/mol.